The maximum atomic E-state index is 5.62. The molecule has 0 aliphatic carbocycles. The molecule has 0 aliphatic heterocycles. The molecular weight excluding hydrogens is 272 g/mol. The number of rotatable bonds is 7. The lowest BCUT2D eigenvalue weighted by Gasteiger charge is -2.22. The maximum absolute atomic E-state index is 5.62. The third-order valence-corrected chi connectivity index (χ3v) is 4.18. The van der Waals surface area contributed by atoms with E-state index in [2.05, 4.69) is 29.0 Å². The SMILES string of the molecule is Cc1nc(Cc2noc(CCC(C)(C)CCN)n2)cs1. The van der Waals surface area contributed by atoms with Gasteiger partial charge in [0.25, 0.3) is 0 Å². The van der Waals surface area contributed by atoms with Crippen molar-refractivity contribution in [3.05, 3.63) is 27.8 Å². The normalized spacial score (nSPS) is 12.0. The van der Waals surface area contributed by atoms with E-state index in [0.717, 1.165) is 30.0 Å². The molecule has 2 aromatic heterocycles. The minimum Gasteiger partial charge on any atom is -0.339 e. The van der Waals surface area contributed by atoms with Crippen LogP contribution in [0.15, 0.2) is 9.90 Å². The molecule has 2 N–H and O–H groups in total. The summed E-state index contributed by atoms with van der Waals surface area (Å²) in [5.41, 5.74) is 6.84. The van der Waals surface area contributed by atoms with E-state index in [-0.39, 0.29) is 5.41 Å². The molecule has 0 atom stereocenters. The van der Waals surface area contributed by atoms with E-state index in [1.165, 1.54) is 0 Å². The van der Waals surface area contributed by atoms with E-state index >= 15 is 0 Å². The predicted molar refractivity (Wildman–Crippen MR) is 79.7 cm³/mol. The molecule has 0 radical (unpaired) electrons. The molecule has 0 aliphatic rings. The second-order valence-electron chi connectivity index (χ2n) is 5.84. The highest BCUT2D eigenvalue weighted by atomic mass is 32.1. The van der Waals surface area contributed by atoms with E-state index in [1.54, 1.807) is 11.3 Å². The number of hydrogen-bond acceptors (Lipinski definition) is 6. The first-order chi connectivity index (χ1) is 9.48. The van der Waals surface area contributed by atoms with Gasteiger partial charge in [-0.25, -0.2) is 4.98 Å². The van der Waals surface area contributed by atoms with Crippen LogP contribution in [0.25, 0.3) is 0 Å². The van der Waals surface area contributed by atoms with E-state index in [0.29, 0.717) is 24.7 Å². The van der Waals surface area contributed by atoms with Crippen molar-refractivity contribution < 1.29 is 4.52 Å². The molecule has 0 aromatic carbocycles. The van der Waals surface area contributed by atoms with Crippen molar-refractivity contribution in [2.45, 2.75) is 46.5 Å². The predicted octanol–water partition coefficient (Wildman–Crippen LogP) is 2.73. The van der Waals surface area contributed by atoms with E-state index < -0.39 is 0 Å². The number of aryl methyl sites for hydroxylation is 2. The average molecular weight is 294 g/mol. The zero-order valence-corrected chi connectivity index (χ0v) is 13.2. The fourth-order valence-corrected chi connectivity index (χ4v) is 2.69. The van der Waals surface area contributed by atoms with Gasteiger partial charge in [-0.1, -0.05) is 19.0 Å². The lowest BCUT2D eigenvalue weighted by atomic mass is 9.84. The zero-order chi connectivity index (χ0) is 14.6. The van der Waals surface area contributed by atoms with Gasteiger partial charge in [0.2, 0.25) is 5.89 Å². The fraction of sp³-hybridized carbons (Fsp3) is 0.643. The van der Waals surface area contributed by atoms with Crippen LogP contribution in [0.2, 0.25) is 0 Å². The summed E-state index contributed by atoms with van der Waals surface area (Å²) < 4.78 is 5.30. The van der Waals surface area contributed by atoms with Crippen LogP contribution in [-0.4, -0.2) is 21.7 Å². The average Bonchev–Trinajstić information content (AvgIpc) is 2.97. The summed E-state index contributed by atoms with van der Waals surface area (Å²) in [5, 5.41) is 7.12. The molecule has 2 rings (SSSR count). The Balaban J connectivity index is 1.89. The molecule has 6 heteroatoms. The summed E-state index contributed by atoms with van der Waals surface area (Å²) in [5.74, 6) is 1.42. The first kappa shape index (κ1) is 15.1. The number of aromatic nitrogens is 3. The second-order valence-corrected chi connectivity index (χ2v) is 6.90. The van der Waals surface area contributed by atoms with Gasteiger partial charge in [-0.05, 0) is 31.7 Å². The molecule has 0 unspecified atom stereocenters. The molecule has 20 heavy (non-hydrogen) atoms. The Morgan fingerprint density at radius 3 is 2.75 bits per heavy atom. The van der Waals surface area contributed by atoms with E-state index in [4.69, 9.17) is 10.3 Å². The van der Waals surface area contributed by atoms with Crippen LogP contribution in [0.1, 0.15) is 49.1 Å². The van der Waals surface area contributed by atoms with Crippen LogP contribution in [0.3, 0.4) is 0 Å². The van der Waals surface area contributed by atoms with Gasteiger partial charge in [0.1, 0.15) is 0 Å². The van der Waals surface area contributed by atoms with E-state index in [9.17, 15) is 0 Å². The quantitative estimate of drug-likeness (QED) is 0.849. The first-order valence-corrected chi connectivity index (χ1v) is 7.79. The summed E-state index contributed by atoms with van der Waals surface area (Å²) in [6, 6.07) is 0. The van der Waals surface area contributed by atoms with Gasteiger partial charge < -0.3 is 10.3 Å². The standard InChI is InChI=1S/C14H22N4OS/c1-10-16-11(9-20-10)8-12-17-13(19-18-12)4-5-14(2,3)6-7-15/h9H,4-8,15H2,1-3H3. The summed E-state index contributed by atoms with van der Waals surface area (Å²) >= 11 is 1.64. The molecule has 0 amide bonds. The topological polar surface area (TPSA) is 77.8 Å². The molecule has 2 aromatic rings. The Bertz CT molecular complexity index is 547. The van der Waals surface area contributed by atoms with Gasteiger partial charge in [0, 0.05) is 11.8 Å². The highest BCUT2D eigenvalue weighted by Gasteiger charge is 2.18. The van der Waals surface area contributed by atoms with Crippen molar-refractivity contribution in [2.75, 3.05) is 6.54 Å². The molecule has 0 saturated carbocycles. The molecule has 0 fully saturated rings. The molecule has 110 valence electrons. The maximum Gasteiger partial charge on any atom is 0.226 e. The van der Waals surface area contributed by atoms with Crippen molar-refractivity contribution in [1.82, 2.24) is 15.1 Å². The van der Waals surface area contributed by atoms with Crippen molar-refractivity contribution in [1.29, 1.82) is 0 Å². The van der Waals surface area contributed by atoms with Crippen molar-refractivity contribution in [3.63, 3.8) is 0 Å². The Labute approximate surface area is 123 Å². The largest absolute Gasteiger partial charge is 0.339 e. The highest BCUT2D eigenvalue weighted by molar-refractivity contribution is 7.09. The van der Waals surface area contributed by atoms with Gasteiger partial charge in [-0.15, -0.1) is 11.3 Å². The fourth-order valence-electron chi connectivity index (χ4n) is 2.08. The number of hydrogen-bond donors (Lipinski definition) is 1. The Kier molecular flexibility index (Phi) is 4.88. The van der Waals surface area contributed by atoms with Gasteiger partial charge in [-0.2, -0.15) is 4.98 Å². The van der Waals surface area contributed by atoms with Crippen molar-refractivity contribution in [2.24, 2.45) is 11.1 Å². The number of thiazole rings is 1. The first-order valence-electron chi connectivity index (χ1n) is 6.91. The summed E-state index contributed by atoms with van der Waals surface area (Å²) in [7, 11) is 0. The number of nitrogens with zero attached hydrogens (tertiary/aromatic N) is 3. The monoisotopic (exact) mass is 294 g/mol. The third kappa shape index (κ3) is 4.38. The third-order valence-electron chi connectivity index (χ3n) is 3.35. The zero-order valence-electron chi connectivity index (χ0n) is 12.3. The number of nitrogens with two attached hydrogens (primary N) is 1. The lowest BCUT2D eigenvalue weighted by Crippen LogP contribution is -2.17. The Hall–Kier alpha value is -1.27. The minimum atomic E-state index is 0.218. The van der Waals surface area contributed by atoms with Crippen LogP contribution in [0.4, 0.5) is 0 Å². The van der Waals surface area contributed by atoms with Gasteiger partial charge in [0.15, 0.2) is 5.82 Å². The second kappa shape index (κ2) is 6.45. The van der Waals surface area contributed by atoms with Crippen LogP contribution >= 0.6 is 11.3 Å². The molecule has 0 bridgehead atoms. The Morgan fingerprint density at radius 2 is 2.10 bits per heavy atom. The highest BCUT2D eigenvalue weighted by Crippen LogP contribution is 2.26. The molecule has 0 spiro atoms. The minimum absolute atomic E-state index is 0.218. The molecule has 2 heterocycles. The summed E-state index contributed by atoms with van der Waals surface area (Å²) in [4.78, 5) is 8.84. The van der Waals surface area contributed by atoms with Crippen molar-refractivity contribution in [3.8, 4) is 0 Å². The molecular formula is C14H22N4OS. The van der Waals surface area contributed by atoms with Crippen LogP contribution < -0.4 is 5.73 Å². The molecule has 5 nitrogen and oxygen atoms in total. The van der Waals surface area contributed by atoms with Gasteiger partial charge in [-0.3, -0.25) is 0 Å². The lowest BCUT2D eigenvalue weighted by molar-refractivity contribution is 0.289. The molecule has 0 saturated heterocycles. The van der Waals surface area contributed by atoms with Gasteiger partial charge in [0.05, 0.1) is 17.1 Å². The van der Waals surface area contributed by atoms with Crippen molar-refractivity contribution >= 4 is 11.3 Å². The Morgan fingerprint density at radius 1 is 1.30 bits per heavy atom. The van der Waals surface area contributed by atoms with Crippen LogP contribution in [0, 0.1) is 12.3 Å². The summed E-state index contributed by atoms with van der Waals surface area (Å²) in [6.07, 6.45) is 3.45. The van der Waals surface area contributed by atoms with Crippen LogP contribution in [-0.2, 0) is 12.8 Å². The van der Waals surface area contributed by atoms with Gasteiger partial charge >= 0.3 is 0 Å². The van der Waals surface area contributed by atoms with E-state index in [1.807, 2.05) is 12.3 Å². The smallest absolute Gasteiger partial charge is 0.226 e. The summed E-state index contributed by atoms with van der Waals surface area (Å²) in [6.45, 7) is 7.14. The van der Waals surface area contributed by atoms with Crippen LogP contribution in [0.5, 0.6) is 0 Å².